The van der Waals surface area contributed by atoms with Gasteiger partial charge < -0.3 is 9.73 Å². The average Bonchev–Trinajstić information content (AvgIpc) is 2.95. The summed E-state index contributed by atoms with van der Waals surface area (Å²) in [6.45, 7) is 3.59. The van der Waals surface area contributed by atoms with Gasteiger partial charge in [0.15, 0.2) is 0 Å². The molecule has 0 radical (unpaired) electrons. The summed E-state index contributed by atoms with van der Waals surface area (Å²) in [5, 5.41) is 5.61. The molecule has 3 aromatic rings. The van der Waals surface area contributed by atoms with Crippen LogP contribution >= 0.6 is 11.3 Å². The Labute approximate surface area is 109 Å². The van der Waals surface area contributed by atoms with Crippen LogP contribution in [0.1, 0.15) is 15.6 Å². The van der Waals surface area contributed by atoms with Crippen molar-refractivity contribution < 1.29 is 4.42 Å². The molecule has 2 aromatic heterocycles. The van der Waals surface area contributed by atoms with Crippen molar-refractivity contribution in [1.82, 2.24) is 10.3 Å². The van der Waals surface area contributed by atoms with Crippen molar-refractivity contribution in [2.75, 3.05) is 0 Å². The molecule has 1 N–H and O–H groups in total. The van der Waals surface area contributed by atoms with Crippen molar-refractivity contribution in [3.8, 4) is 0 Å². The highest BCUT2D eigenvalue weighted by Gasteiger charge is 2.03. The molecule has 0 aliphatic rings. The predicted molar refractivity (Wildman–Crippen MR) is 73.6 cm³/mol. The molecule has 18 heavy (non-hydrogen) atoms. The van der Waals surface area contributed by atoms with E-state index in [1.165, 1.54) is 4.88 Å². The fraction of sp³-hybridized carbons (Fsp3) is 0.214. The smallest absolute Gasteiger partial charge is 0.134 e. The standard InChI is InChI=1S/C14H14N2OS/c1-10-7-16-14(18-10)9-15-8-12-6-11-4-2-3-5-13(11)17-12/h2-7,15H,8-9H2,1H3. The molecule has 4 heteroatoms. The number of para-hydroxylation sites is 1. The lowest BCUT2D eigenvalue weighted by molar-refractivity contribution is 0.513. The summed E-state index contributed by atoms with van der Waals surface area (Å²) in [5.41, 5.74) is 0.944. The van der Waals surface area contributed by atoms with Gasteiger partial charge in [0.05, 0.1) is 6.54 Å². The zero-order valence-corrected chi connectivity index (χ0v) is 11.0. The average molecular weight is 258 g/mol. The van der Waals surface area contributed by atoms with Crippen LogP contribution in [0.25, 0.3) is 11.0 Å². The van der Waals surface area contributed by atoms with Gasteiger partial charge in [-0.3, -0.25) is 0 Å². The molecule has 0 saturated heterocycles. The van der Waals surface area contributed by atoms with Crippen LogP contribution in [0.5, 0.6) is 0 Å². The minimum atomic E-state index is 0.729. The number of hydrogen-bond acceptors (Lipinski definition) is 4. The van der Waals surface area contributed by atoms with Crippen molar-refractivity contribution in [3.05, 3.63) is 52.2 Å². The van der Waals surface area contributed by atoms with Gasteiger partial charge in [0, 0.05) is 23.0 Å². The Morgan fingerprint density at radius 3 is 2.94 bits per heavy atom. The lowest BCUT2D eigenvalue weighted by Crippen LogP contribution is -2.11. The van der Waals surface area contributed by atoms with Gasteiger partial charge in [0.25, 0.3) is 0 Å². The second kappa shape index (κ2) is 4.92. The van der Waals surface area contributed by atoms with E-state index < -0.39 is 0 Å². The maximum Gasteiger partial charge on any atom is 0.134 e. The van der Waals surface area contributed by atoms with Crippen LogP contribution in [0.15, 0.2) is 40.9 Å². The van der Waals surface area contributed by atoms with Gasteiger partial charge in [-0.1, -0.05) is 18.2 Å². The molecule has 92 valence electrons. The monoisotopic (exact) mass is 258 g/mol. The Bertz CT molecular complexity index is 623. The van der Waals surface area contributed by atoms with E-state index in [0.29, 0.717) is 0 Å². The first kappa shape index (κ1) is 11.4. The van der Waals surface area contributed by atoms with Crippen LogP contribution in [0, 0.1) is 6.92 Å². The highest BCUT2D eigenvalue weighted by Crippen LogP contribution is 2.18. The van der Waals surface area contributed by atoms with Crippen molar-refractivity contribution in [2.45, 2.75) is 20.0 Å². The van der Waals surface area contributed by atoms with E-state index in [-0.39, 0.29) is 0 Å². The Balaban J connectivity index is 1.62. The molecule has 0 saturated carbocycles. The quantitative estimate of drug-likeness (QED) is 0.778. The van der Waals surface area contributed by atoms with Crippen LogP contribution in [-0.4, -0.2) is 4.98 Å². The molecule has 0 amide bonds. The van der Waals surface area contributed by atoms with Crippen molar-refractivity contribution in [3.63, 3.8) is 0 Å². The fourth-order valence-corrected chi connectivity index (χ4v) is 2.66. The molecule has 0 atom stereocenters. The van der Waals surface area contributed by atoms with E-state index in [0.717, 1.165) is 34.8 Å². The number of rotatable bonds is 4. The topological polar surface area (TPSA) is 38.1 Å². The maximum absolute atomic E-state index is 5.73. The second-order valence-electron chi connectivity index (χ2n) is 4.22. The fourth-order valence-electron chi connectivity index (χ4n) is 1.90. The van der Waals surface area contributed by atoms with Gasteiger partial charge in [0.1, 0.15) is 16.4 Å². The van der Waals surface area contributed by atoms with Crippen LogP contribution < -0.4 is 5.32 Å². The molecule has 0 bridgehead atoms. The third-order valence-corrected chi connectivity index (χ3v) is 3.63. The Hall–Kier alpha value is -1.65. The van der Waals surface area contributed by atoms with E-state index in [2.05, 4.69) is 29.4 Å². The number of hydrogen-bond donors (Lipinski definition) is 1. The first-order valence-electron chi connectivity index (χ1n) is 5.91. The number of benzene rings is 1. The van der Waals surface area contributed by atoms with Gasteiger partial charge in [-0.15, -0.1) is 11.3 Å². The maximum atomic E-state index is 5.73. The number of thiazole rings is 1. The number of nitrogens with one attached hydrogen (secondary N) is 1. The van der Waals surface area contributed by atoms with E-state index in [1.54, 1.807) is 11.3 Å². The number of furan rings is 1. The molecule has 0 fully saturated rings. The van der Waals surface area contributed by atoms with Crippen molar-refractivity contribution in [1.29, 1.82) is 0 Å². The van der Waals surface area contributed by atoms with Gasteiger partial charge in [-0.2, -0.15) is 0 Å². The molecule has 2 heterocycles. The zero-order chi connectivity index (χ0) is 12.4. The number of aromatic nitrogens is 1. The third kappa shape index (κ3) is 2.44. The molecule has 3 nitrogen and oxygen atoms in total. The Morgan fingerprint density at radius 1 is 1.28 bits per heavy atom. The Morgan fingerprint density at radius 2 is 2.17 bits per heavy atom. The summed E-state index contributed by atoms with van der Waals surface area (Å²) in [7, 11) is 0. The van der Waals surface area contributed by atoms with Crippen LogP contribution in [0.2, 0.25) is 0 Å². The lowest BCUT2D eigenvalue weighted by Gasteiger charge is -1.98. The lowest BCUT2D eigenvalue weighted by atomic mass is 10.2. The van der Waals surface area contributed by atoms with Crippen molar-refractivity contribution >= 4 is 22.3 Å². The highest BCUT2D eigenvalue weighted by atomic mass is 32.1. The van der Waals surface area contributed by atoms with E-state index in [1.807, 2.05) is 24.4 Å². The predicted octanol–water partition coefficient (Wildman–Crippen LogP) is 3.49. The minimum Gasteiger partial charge on any atom is -0.460 e. The minimum absolute atomic E-state index is 0.729. The third-order valence-electron chi connectivity index (χ3n) is 2.72. The zero-order valence-electron chi connectivity index (χ0n) is 10.1. The molecule has 1 aromatic carbocycles. The van der Waals surface area contributed by atoms with Crippen LogP contribution in [0.4, 0.5) is 0 Å². The summed E-state index contributed by atoms with van der Waals surface area (Å²) in [4.78, 5) is 5.56. The Kier molecular flexibility index (Phi) is 3.13. The number of fused-ring (bicyclic) bond motifs is 1. The number of nitrogens with zero attached hydrogens (tertiary/aromatic N) is 1. The highest BCUT2D eigenvalue weighted by molar-refractivity contribution is 7.11. The summed E-state index contributed by atoms with van der Waals surface area (Å²) in [6.07, 6.45) is 1.91. The van der Waals surface area contributed by atoms with E-state index >= 15 is 0 Å². The van der Waals surface area contributed by atoms with Crippen LogP contribution in [-0.2, 0) is 13.1 Å². The molecule has 0 spiro atoms. The molecular weight excluding hydrogens is 244 g/mol. The van der Waals surface area contributed by atoms with Gasteiger partial charge in [-0.25, -0.2) is 4.98 Å². The molecule has 0 aliphatic carbocycles. The van der Waals surface area contributed by atoms with E-state index in [9.17, 15) is 0 Å². The first-order valence-corrected chi connectivity index (χ1v) is 6.72. The molecule has 0 aliphatic heterocycles. The summed E-state index contributed by atoms with van der Waals surface area (Å²) >= 11 is 1.72. The summed E-state index contributed by atoms with van der Waals surface area (Å²) in [6, 6.07) is 10.1. The normalized spacial score (nSPS) is 11.2. The van der Waals surface area contributed by atoms with Crippen molar-refractivity contribution in [2.24, 2.45) is 0 Å². The summed E-state index contributed by atoms with van der Waals surface area (Å²) in [5.74, 6) is 0.962. The van der Waals surface area contributed by atoms with Gasteiger partial charge in [0.2, 0.25) is 0 Å². The van der Waals surface area contributed by atoms with Gasteiger partial charge in [-0.05, 0) is 19.1 Å². The summed E-state index contributed by atoms with van der Waals surface area (Å²) < 4.78 is 5.73. The molecular formula is C14H14N2OS. The number of aryl methyl sites for hydroxylation is 1. The largest absolute Gasteiger partial charge is 0.460 e. The molecule has 3 rings (SSSR count). The van der Waals surface area contributed by atoms with Crippen LogP contribution in [0.3, 0.4) is 0 Å². The van der Waals surface area contributed by atoms with E-state index in [4.69, 9.17) is 4.42 Å². The van der Waals surface area contributed by atoms with Gasteiger partial charge >= 0.3 is 0 Å². The second-order valence-corrected chi connectivity index (χ2v) is 5.54. The SMILES string of the molecule is Cc1cnc(CNCc2cc3ccccc3o2)s1. The molecule has 0 unspecified atom stereocenters. The first-order chi connectivity index (χ1) is 8.81.